The van der Waals surface area contributed by atoms with Crippen LogP contribution in [-0.2, 0) is 9.59 Å². The molecule has 0 aromatic rings. The fourth-order valence-electron chi connectivity index (χ4n) is 1.44. The molecule has 1 saturated carbocycles. The lowest BCUT2D eigenvalue weighted by Gasteiger charge is -2.33. The zero-order valence-electron chi connectivity index (χ0n) is 8.13. The maximum Gasteiger partial charge on any atom is 0.303 e. The van der Waals surface area contributed by atoms with E-state index in [0.717, 1.165) is 0 Å². The molecular formula is C9H13F2NO3. The Morgan fingerprint density at radius 3 is 2.47 bits per heavy atom. The Labute approximate surface area is 85.7 Å². The number of carboxylic acids is 1. The molecule has 1 amide bonds. The molecular weight excluding hydrogens is 208 g/mol. The molecule has 1 aliphatic rings. The highest BCUT2D eigenvalue weighted by Crippen LogP contribution is 2.42. The van der Waals surface area contributed by atoms with Crippen LogP contribution in [0.25, 0.3) is 0 Å². The van der Waals surface area contributed by atoms with Gasteiger partial charge in [0, 0.05) is 31.7 Å². The molecule has 0 heterocycles. The molecule has 1 aliphatic carbocycles. The van der Waals surface area contributed by atoms with Gasteiger partial charge in [-0.1, -0.05) is 0 Å². The van der Waals surface area contributed by atoms with Gasteiger partial charge in [-0.3, -0.25) is 9.59 Å². The summed E-state index contributed by atoms with van der Waals surface area (Å²) in [6.07, 6.45) is -0.485. The highest BCUT2D eigenvalue weighted by atomic mass is 19.3. The number of halogens is 2. The molecule has 1 fully saturated rings. The second-order valence-electron chi connectivity index (χ2n) is 3.75. The third-order valence-corrected chi connectivity index (χ3v) is 2.33. The number of amides is 1. The van der Waals surface area contributed by atoms with Gasteiger partial charge in [-0.25, -0.2) is 8.78 Å². The van der Waals surface area contributed by atoms with E-state index in [0.29, 0.717) is 6.42 Å². The molecule has 0 aromatic heterocycles. The SMILES string of the molecule is O=C(O)CCCNC(=O)C1CC(F)(F)C1. The van der Waals surface area contributed by atoms with Crippen molar-refractivity contribution in [2.45, 2.75) is 31.6 Å². The normalized spacial score (nSPS) is 19.3. The Kier molecular flexibility index (Phi) is 3.60. The maximum atomic E-state index is 12.4. The number of hydrogen-bond acceptors (Lipinski definition) is 2. The first-order chi connectivity index (χ1) is 6.91. The molecule has 1 rings (SSSR count). The molecule has 6 heteroatoms. The Hall–Kier alpha value is -1.20. The van der Waals surface area contributed by atoms with E-state index in [1.165, 1.54) is 0 Å². The lowest BCUT2D eigenvalue weighted by Crippen LogP contribution is -2.45. The molecule has 15 heavy (non-hydrogen) atoms. The Morgan fingerprint density at radius 2 is 2.00 bits per heavy atom. The van der Waals surface area contributed by atoms with Gasteiger partial charge in [-0.05, 0) is 6.42 Å². The predicted molar refractivity (Wildman–Crippen MR) is 47.6 cm³/mol. The van der Waals surface area contributed by atoms with Crippen LogP contribution in [0.15, 0.2) is 0 Å². The summed E-state index contributed by atoms with van der Waals surface area (Å²) in [6, 6.07) is 0. The summed E-state index contributed by atoms with van der Waals surface area (Å²) in [6.45, 7) is 0.229. The van der Waals surface area contributed by atoms with Gasteiger partial charge in [0.1, 0.15) is 0 Å². The summed E-state index contributed by atoms with van der Waals surface area (Å²) in [4.78, 5) is 21.3. The van der Waals surface area contributed by atoms with Crippen molar-refractivity contribution >= 4 is 11.9 Å². The molecule has 0 spiro atoms. The smallest absolute Gasteiger partial charge is 0.303 e. The number of alkyl halides is 2. The molecule has 0 bridgehead atoms. The number of carboxylic acid groups (broad SMARTS) is 1. The van der Waals surface area contributed by atoms with Crippen molar-refractivity contribution in [3.8, 4) is 0 Å². The Bertz CT molecular complexity index is 260. The van der Waals surface area contributed by atoms with Crippen LogP contribution in [-0.4, -0.2) is 29.5 Å². The highest BCUT2D eigenvalue weighted by molar-refractivity contribution is 5.79. The largest absolute Gasteiger partial charge is 0.481 e. The molecule has 4 nitrogen and oxygen atoms in total. The molecule has 0 saturated heterocycles. The van der Waals surface area contributed by atoms with Gasteiger partial charge < -0.3 is 10.4 Å². The standard InChI is InChI=1S/C9H13F2NO3/c10-9(11)4-6(5-9)8(15)12-3-1-2-7(13)14/h6H,1-5H2,(H,12,15)(H,13,14). The molecule has 0 atom stereocenters. The number of hydrogen-bond donors (Lipinski definition) is 2. The first kappa shape index (κ1) is 11.9. The molecule has 0 aromatic carbocycles. The molecule has 0 aliphatic heterocycles. The van der Waals surface area contributed by atoms with E-state index in [9.17, 15) is 18.4 Å². The lowest BCUT2D eigenvalue weighted by molar-refractivity contribution is -0.150. The quantitative estimate of drug-likeness (QED) is 0.681. The topological polar surface area (TPSA) is 66.4 Å². The summed E-state index contributed by atoms with van der Waals surface area (Å²) in [5.41, 5.74) is 0. The van der Waals surface area contributed by atoms with Crippen LogP contribution in [0.5, 0.6) is 0 Å². The van der Waals surface area contributed by atoms with Crippen molar-refractivity contribution < 1.29 is 23.5 Å². The number of carbonyl (C=O) groups excluding carboxylic acids is 1. The fourth-order valence-corrected chi connectivity index (χ4v) is 1.44. The van der Waals surface area contributed by atoms with Crippen molar-refractivity contribution in [3.63, 3.8) is 0 Å². The van der Waals surface area contributed by atoms with Crippen LogP contribution in [0, 0.1) is 5.92 Å². The average Bonchev–Trinajstić information content (AvgIpc) is 2.07. The van der Waals surface area contributed by atoms with Crippen LogP contribution in [0.3, 0.4) is 0 Å². The van der Waals surface area contributed by atoms with Crippen molar-refractivity contribution in [2.24, 2.45) is 5.92 Å². The molecule has 0 unspecified atom stereocenters. The van der Waals surface area contributed by atoms with Gasteiger partial charge in [0.05, 0.1) is 0 Å². The number of aliphatic carboxylic acids is 1. The van der Waals surface area contributed by atoms with E-state index in [4.69, 9.17) is 5.11 Å². The zero-order valence-corrected chi connectivity index (χ0v) is 8.13. The molecule has 0 radical (unpaired) electrons. The summed E-state index contributed by atoms with van der Waals surface area (Å²) in [5, 5.41) is 10.7. The van der Waals surface area contributed by atoms with Crippen molar-refractivity contribution in [1.82, 2.24) is 5.32 Å². The number of rotatable bonds is 5. The van der Waals surface area contributed by atoms with Gasteiger partial charge in [-0.2, -0.15) is 0 Å². The first-order valence-electron chi connectivity index (χ1n) is 4.78. The Balaban J connectivity index is 2.08. The van der Waals surface area contributed by atoms with Gasteiger partial charge in [0.25, 0.3) is 0 Å². The van der Waals surface area contributed by atoms with E-state index in [1.54, 1.807) is 0 Å². The van der Waals surface area contributed by atoms with E-state index in [2.05, 4.69) is 5.32 Å². The minimum absolute atomic E-state index is 0.0267. The summed E-state index contributed by atoms with van der Waals surface area (Å²) >= 11 is 0. The van der Waals surface area contributed by atoms with E-state index in [1.807, 2.05) is 0 Å². The minimum Gasteiger partial charge on any atom is -0.481 e. The van der Waals surface area contributed by atoms with Crippen LogP contribution in [0.4, 0.5) is 8.78 Å². The summed E-state index contributed by atoms with van der Waals surface area (Å²) in [7, 11) is 0. The predicted octanol–water partition coefficient (Wildman–Crippen LogP) is 1.01. The summed E-state index contributed by atoms with van der Waals surface area (Å²) < 4.78 is 24.8. The van der Waals surface area contributed by atoms with Crippen molar-refractivity contribution in [3.05, 3.63) is 0 Å². The van der Waals surface area contributed by atoms with E-state index < -0.39 is 36.6 Å². The maximum absolute atomic E-state index is 12.4. The van der Waals surface area contributed by atoms with Crippen LogP contribution < -0.4 is 5.32 Å². The van der Waals surface area contributed by atoms with Gasteiger partial charge in [-0.15, -0.1) is 0 Å². The van der Waals surface area contributed by atoms with Crippen molar-refractivity contribution in [2.75, 3.05) is 6.54 Å². The van der Waals surface area contributed by atoms with Gasteiger partial charge in [0.15, 0.2) is 0 Å². The van der Waals surface area contributed by atoms with Crippen LogP contribution in [0.2, 0.25) is 0 Å². The minimum atomic E-state index is -2.69. The van der Waals surface area contributed by atoms with E-state index in [-0.39, 0.29) is 13.0 Å². The monoisotopic (exact) mass is 221 g/mol. The van der Waals surface area contributed by atoms with Crippen LogP contribution in [0.1, 0.15) is 25.7 Å². The second-order valence-corrected chi connectivity index (χ2v) is 3.75. The summed E-state index contributed by atoms with van der Waals surface area (Å²) in [5.74, 6) is -4.63. The highest BCUT2D eigenvalue weighted by Gasteiger charge is 2.48. The Morgan fingerprint density at radius 1 is 1.40 bits per heavy atom. The van der Waals surface area contributed by atoms with E-state index >= 15 is 0 Å². The number of nitrogens with one attached hydrogen (secondary N) is 1. The molecule has 86 valence electrons. The second kappa shape index (κ2) is 4.55. The third kappa shape index (κ3) is 3.81. The fraction of sp³-hybridized carbons (Fsp3) is 0.778. The van der Waals surface area contributed by atoms with Gasteiger partial charge >= 0.3 is 5.97 Å². The zero-order chi connectivity index (χ0) is 11.5. The first-order valence-corrected chi connectivity index (χ1v) is 4.78. The van der Waals surface area contributed by atoms with Gasteiger partial charge in [0.2, 0.25) is 11.8 Å². The molecule has 2 N–H and O–H groups in total. The van der Waals surface area contributed by atoms with Crippen molar-refractivity contribution in [1.29, 1.82) is 0 Å². The average molecular weight is 221 g/mol. The number of carbonyl (C=O) groups is 2. The lowest BCUT2D eigenvalue weighted by atomic mass is 9.81. The third-order valence-electron chi connectivity index (χ3n) is 2.33. The van der Waals surface area contributed by atoms with Crippen LogP contribution >= 0.6 is 0 Å².